The topological polar surface area (TPSA) is 42.4 Å². The van der Waals surface area contributed by atoms with Gasteiger partial charge in [0.15, 0.2) is 0 Å². The average Bonchev–Trinajstić information content (AvgIpc) is 2.78. The molecule has 1 aromatic heterocycles. The van der Waals surface area contributed by atoms with Gasteiger partial charge in [-0.15, -0.1) is 11.3 Å². The van der Waals surface area contributed by atoms with E-state index in [2.05, 4.69) is 4.98 Å². The summed E-state index contributed by atoms with van der Waals surface area (Å²) >= 11 is 7.38. The average molecular weight is 270 g/mol. The Morgan fingerprint density at radius 1 is 1.47 bits per heavy atom. The monoisotopic (exact) mass is 269 g/mol. The second-order valence-corrected chi connectivity index (χ2v) is 4.92. The first-order chi connectivity index (χ1) is 8.11. The van der Waals surface area contributed by atoms with Gasteiger partial charge in [-0.05, 0) is 25.1 Å². The van der Waals surface area contributed by atoms with Gasteiger partial charge in [0.2, 0.25) is 0 Å². The van der Waals surface area contributed by atoms with Crippen LogP contribution in [-0.4, -0.2) is 17.2 Å². The highest BCUT2D eigenvalue weighted by Crippen LogP contribution is 2.34. The molecular weight excluding hydrogens is 258 g/mol. The van der Waals surface area contributed by atoms with Crippen molar-refractivity contribution in [3.8, 4) is 17.0 Å². The van der Waals surface area contributed by atoms with Crippen molar-refractivity contribution in [2.24, 2.45) is 0 Å². The fourth-order valence-corrected chi connectivity index (χ4v) is 2.42. The van der Waals surface area contributed by atoms with Gasteiger partial charge in [-0.1, -0.05) is 11.6 Å². The lowest BCUT2D eigenvalue weighted by Gasteiger charge is -2.06. The molecule has 0 aliphatic carbocycles. The summed E-state index contributed by atoms with van der Waals surface area (Å²) in [5, 5.41) is 12.7. The number of halogens is 1. The van der Waals surface area contributed by atoms with E-state index < -0.39 is 6.10 Å². The van der Waals surface area contributed by atoms with Gasteiger partial charge in [0, 0.05) is 16.0 Å². The van der Waals surface area contributed by atoms with Crippen LogP contribution in [0.3, 0.4) is 0 Å². The fourth-order valence-electron chi connectivity index (χ4n) is 1.48. The van der Waals surface area contributed by atoms with Crippen LogP contribution >= 0.6 is 22.9 Å². The molecule has 1 heterocycles. The third-order valence-corrected chi connectivity index (χ3v) is 3.57. The summed E-state index contributed by atoms with van der Waals surface area (Å²) in [4.78, 5) is 4.36. The largest absolute Gasteiger partial charge is 0.496 e. The first kappa shape index (κ1) is 12.4. The zero-order valence-corrected chi connectivity index (χ0v) is 11.0. The minimum atomic E-state index is -0.557. The number of aliphatic hydroxyl groups excluding tert-OH is 1. The van der Waals surface area contributed by atoms with Crippen LogP contribution in [0.25, 0.3) is 11.3 Å². The van der Waals surface area contributed by atoms with Crippen LogP contribution in [0, 0.1) is 0 Å². The number of thiazole rings is 1. The van der Waals surface area contributed by atoms with Gasteiger partial charge in [-0.2, -0.15) is 0 Å². The predicted molar refractivity (Wildman–Crippen MR) is 69.7 cm³/mol. The maximum Gasteiger partial charge on any atom is 0.128 e. The van der Waals surface area contributed by atoms with Crippen LogP contribution in [-0.2, 0) is 0 Å². The number of hydrogen-bond acceptors (Lipinski definition) is 4. The van der Waals surface area contributed by atoms with Crippen molar-refractivity contribution in [3.63, 3.8) is 0 Å². The Morgan fingerprint density at radius 2 is 2.24 bits per heavy atom. The normalized spacial score (nSPS) is 12.5. The van der Waals surface area contributed by atoms with E-state index in [0.29, 0.717) is 10.0 Å². The van der Waals surface area contributed by atoms with E-state index in [9.17, 15) is 5.11 Å². The third kappa shape index (κ3) is 2.60. The molecule has 0 radical (unpaired) electrons. The second kappa shape index (κ2) is 5.04. The highest BCUT2D eigenvalue weighted by molar-refractivity contribution is 7.10. The highest BCUT2D eigenvalue weighted by Gasteiger charge is 2.12. The van der Waals surface area contributed by atoms with Crippen molar-refractivity contribution >= 4 is 22.9 Å². The molecule has 3 nitrogen and oxygen atoms in total. The van der Waals surface area contributed by atoms with Gasteiger partial charge >= 0.3 is 0 Å². The van der Waals surface area contributed by atoms with Crippen molar-refractivity contribution in [2.75, 3.05) is 7.11 Å². The molecule has 5 heteroatoms. The Balaban J connectivity index is 2.47. The van der Waals surface area contributed by atoms with Crippen LogP contribution in [0.15, 0.2) is 23.6 Å². The summed E-state index contributed by atoms with van der Waals surface area (Å²) in [5.41, 5.74) is 1.61. The molecule has 0 saturated carbocycles. The Kier molecular flexibility index (Phi) is 3.66. The number of aromatic nitrogens is 1. The summed E-state index contributed by atoms with van der Waals surface area (Å²) in [7, 11) is 1.61. The molecule has 1 unspecified atom stereocenters. The minimum Gasteiger partial charge on any atom is -0.496 e. The van der Waals surface area contributed by atoms with Crippen LogP contribution in [0.2, 0.25) is 5.02 Å². The summed E-state index contributed by atoms with van der Waals surface area (Å²) < 4.78 is 5.27. The van der Waals surface area contributed by atoms with Gasteiger partial charge in [0.05, 0.1) is 12.8 Å². The Morgan fingerprint density at radius 3 is 2.82 bits per heavy atom. The first-order valence-electron chi connectivity index (χ1n) is 5.09. The first-order valence-corrected chi connectivity index (χ1v) is 6.35. The zero-order valence-electron chi connectivity index (χ0n) is 9.48. The Hall–Kier alpha value is -1.10. The van der Waals surface area contributed by atoms with E-state index in [1.807, 2.05) is 5.38 Å². The van der Waals surface area contributed by atoms with Crippen molar-refractivity contribution in [3.05, 3.63) is 33.6 Å². The maximum atomic E-state index is 9.46. The highest BCUT2D eigenvalue weighted by atomic mass is 35.5. The molecule has 1 aromatic carbocycles. The van der Waals surface area contributed by atoms with Crippen LogP contribution in [0.5, 0.6) is 5.75 Å². The van der Waals surface area contributed by atoms with Gasteiger partial charge in [0.25, 0.3) is 0 Å². The molecule has 0 bridgehead atoms. The van der Waals surface area contributed by atoms with Crippen LogP contribution < -0.4 is 4.74 Å². The van der Waals surface area contributed by atoms with Gasteiger partial charge in [-0.25, -0.2) is 4.98 Å². The third-order valence-electron chi connectivity index (χ3n) is 2.32. The molecule has 0 spiro atoms. The van der Waals surface area contributed by atoms with E-state index in [-0.39, 0.29) is 0 Å². The maximum absolute atomic E-state index is 9.46. The summed E-state index contributed by atoms with van der Waals surface area (Å²) in [5.74, 6) is 0.719. The number of aliphatic hydroxyl groups is 1. The lowest BCUT2D eigenvalue weighted by molar-refractivity contribution is 0.199. The van der Waals surface area contributed by atoms with Gasteiger partial charge in [-0.3, -0.25) is 0 Å². The molecule has 0 saturated heterocycles. The Labute approximate surface area is 109 Å². The number of nitrogens with zero attached hydrogens (tertiary/aromatic N) is 1. The molecule has 0 aliphatic heterocycles. The second-order valence-electron chi connectivity index (χ2n) is 3.59. The van der Waals surface area contributed by atoms with Crippen LogP contribution in [0.4, 0.5) is 0 Å². The predicted octanol–water partition coefficient (Wildman–Crippen LogP) is 3.53. The van der Waals surface area contributed by atoms with E-state index in [1.165, 1.54) is 11.3 Å². The van der Waals surface area contributed by atoms with Crippen LogP contribution in [0.1, 0.15) is 18.0 Å². The number of benzene rings is 1. The molecule has 1 atom stereocenters. The number of ether oxygens (including phenoxy) is 1. The van der Waals surface area contributed by atoms with Crippen molar-refractivity contribution < 1.29 is 9.84 Å². The lowest BCUT2D eigenvalue weighted by atomic mass is 10.1. The van der Waals surface area contributed by atoms with E-state index >= 15 is 0 Å². The fraction of sp³-hybridized carbons (Fsp3) is 0.250. The van der Waals surface area contributed by atoms with Gasteiger partial charge in [0.1, 0.15) is 16.9 Å². The minimum absolute atomic E-state index is 0.557. The summed E-state index contributed by atoms with van der Waals surface area (Å²) in [6.45, 7) is 1.69. The smallest absolute Gasteiger partial charge is 0.128 e. The molecule has 0 fully saturated rings. The van der Waals surface area contributed by atoms with E-state index in [1.54, 1.807) is 32.2 Å². The van der Waals surface area contributed by atoms with E-state index in [4.69, 9.17) is 16.3 Å². The van der Waals surface area contributed by atoms with Crippen molar-refractivity contribution in [2.45, 2.75) is 13.0 Å². The molecule has 90 valence electrons. The molecule has 1 N–H and O–H groups in total. The van der Waals surface area contributed by atoms with E-state index in [0.717, 1.165) is 17.0 Å². The van der Waals surface area contributed by atoms with Gasteiger partial charge < -0.3 is 9.84 Å². The van der Waals surface area contributed by atoms with Crippen molar-refractivity contribution in [1.82, 2.24) is 4.98 Å². The lowest BCUT2D eigenvalue weighted by Crippen LogP contribution is -1.91. The Bertz CT molecular complexity index is 525. The zero-order chi connectivity index (χ0) is 12.4. The standard InChI is InChI=1S/C12H12ClNO2S/c1-7(15)12-14-10(6-17-12)9-5-8(13)3-4-11(9)16-2/h3-7,15H,1-2H3. The molecule has 17 heavy (non-hydrogen) atoms. The molecule has 0 amide bonds. The quantitative estimate of drug-likeness (QED) is 0.927. The number of methoxy groups -OCH3 is 1. The number of hydrogen-bond donors (Lipinski definition) is 1. The molecule has 2 aromatic rings. The summed E-state index contributed by atoms with van der Waals surface area (Å²) in [6.07, 6.45) is -0.557. The molecule has 0 aliphatic rings. The van der Waals surface area contributed by atoms with Crippen molar-refractivity contribution in [1.29, 1.82) is 0 Å². The summed E-state index contributed by atoms with van der Waals surface area (Å²) in [6, 6.07) is 5.38. The molecular formula is C12H12ClNO2S. The molecule has 2 rings (SSSR count). The SMILES string of the molecule is COc1ccc(Cl)cc1-c1csc(C(C)O)n1. The number of rotatable bonds is 3.